The molecule has 0 aliphatic heterocycles. The maximum Gasteiger partial charge on any atom is 0.411 e. The van der Waals surface area contributed by atoms with Crippen LogP contribution in [-0.2, 0) is 4.74 Å². The Morgan fingerprint density at radius 3 is 2.15 bits per heavy atom. The van der Waals surface area contributed by atoms with Crippen molar-refractivity contribution in [2.45, 2.75) is 65.6 Å². The molecule has 1 fully saturated rings. The highest BCUT2D eigenvalue weighted by atomic mass is 19.4. The molecule has 0 heterocycles. The Hall–Kier alpha value is -0.290. The summed E-state index contributed by atoms with van der Waals surface area (Å²) < 4.78 is 40.3. The second-order valence-corrected chi connectivity index (χ2v) is 7.59. The third-order valence-electron chi connectivity index (χ3n) is 3.72. The fourth-order valence-electron chi connectivity index (χ4n) is 3.66. The standard InChI is InChI=1S/C15H28F3NO/c1-13(2)8-12(9-14(3,4)10-13)19-6-5-7-20-11-15(16,17)18/h12,19H,5-11H2,1-4H3. The summed E-state index contributed by atoms with van der Waals surface area (Å²) in [5, 5.41) is 3.47. The van der Waals surface area contributed by atoms with E-state index in [4.69, 9.17) is 0 Å². The van der Waals surface area contributed by atoms with E-state index in [1.54, 1.807) is 0 Å². The molecule has 0 aromatic carbocycles. The van der Waals surface area contributed by atoms with E-state index in [0.717, 1.165) is 12.8 Å². The van der Waals surface area contributed by atoms with Crippen molar-refractivity contribution in [2.75, 3.05) is 19.8 Å². The van der Waals surface area contributed by atoms with Gasteiger partial charge < -0.3 is 10.1 Å². The van der Waals surface area contributed by atoms with Gasteiger partial charge in [-0.2, -0.15) is 13.2 Å². The van der Waals surface area contributed by atoms with Gasteiger partial charge in [0.2, 0.25) is 0 Å². The van der Waals surface area contributed by atoms with Gasteiger partial charge in [-0.1, -0.05) is 27.7 Å². The first-order valence-electron chi connectivity index (χ1n) is 7.37. The summed E-state index contributed by atoms with van der Waals surface area (Å²) in [6.45, 7) is 8.88. The Balaban J connectivity index is 2.19. The molecule has 0 saturated heterocycles. The van der Waals surface area contributed by atoms with Crippen molar-refractivity contribution in [3.05, 3.63) is 0 Å². The number of halogens is 3. The number of hydrogen-bond donors (Lipinski definition) is 1. The van der Waals surface area contributed by atoms with Crippen LogP contribution in [0.5, 0.6) is 0 Å². The first kappa shape index (κ1) is 17.8. The minimum absolute atomic E-state index is 0.159. The topological polar surface area (TPSA) is 21.3 Å². The molecular weight excluding hydrogens is 267 g/mol. The lowest BCUT2D eigenvalue weighted by Gasteiger charge is -2.45. The van der Waals surface area contributed by atoms with Crippen molar-refractivity contribution in [1.29, 1.82) is 0 Å². The molecule has 1 rings (SSSR count). The van der Waals surface area contributed by atoms with Gasteiger partial charge in [0.05, 0.1) is 0 Å². The lowest BCUT2D eigenvalue weighted by atomic mass is 9.63. The first-order chi connectivity index (χ1) is 8.99. The summed E-state index contributed by atoms with van der Waals surface area (Å²) in [4.78, 5) is 0. The van der Waals surface area contributed by atoms with Gasteiger partial charge in [0.25, 0.3) is 0 Å². The van der Waals surface area contributed by atoms with Crippen molar-refractivity contribution in [2.24, 2.45) is 10.8 Å². The Morgan fingerprint density at radius 1 is 1.10 bits per heavy atom. The second-order valence-electron chi connectivity index (χ2n) is 7.59. The lowest BCUT2D eigenvalue weighted by Crippen LogP contribution is -2.44. The van der Waals surface area contributed by atoms with Crippen molar-refractivity contribution in [1.82, 2.24) is 5.32 Å². The van der Waals surface area contributed by atoms with Crippen molar-refractivity contribution in [3.8, 4) is 0 Å². The van der Waals surface area contributed by atoms with Crippen LogP contribution in [0.3, 0.4) is 0 Å². The van der Waals surface area contributed by atoms with Crippen LogP contribution in [-0.4, -0.2) is 32.0 Å². The molecule has 1 N–H and O–H groups in total. The molecule has 0 spiro atoms. The summed E-state index contributed by atoms with van der Waals surface area (Å²) in [7, 11) is 0. The molecule has 0 unspecified atom stereocenters. The molecule has 1 aliphatic rings. The maximum atomic E-state index is 11.9. The van der Waals surface area contributed by atoms with E-state index < -0.39 is 12.8 Å². The molecule has 1 saturated carbocycles. The highest BCUT2D eigenvalue weighted by Crippen LogP contribution is 2.45. The second kappa shape index (κ2) is 6.65. The molecule has 120 valence electrons. The van der Waals surface area contributed by atoms with Crippen LogP contribution >= 0.6 is 0 Å². The Bertz CT molecular complexity index is 284. The smallest absolute Gasteiger partial charge is 0.372 e. The Labute approximate surface area is 120 Å². The molecular formula is C15H28F3NO. The van der Waals surface area contributed by atoms with Crippen LogP contribution in [0, 0.1) is 10.8 Å². The molecule has 0 atom stereocenters. The number of ether oxygens (including phenoxy) is 1. The minimum Gasteiger partial charge on any atom is -0.372 e. The number of alkyl halides is 3. The Morgan fingerprint density at radius 2 is 1.65 bits per heavy atom. The molecule has 0 aromatic rings. The molecule has 1 aliphatic carbocycles. The number of hydrogen-bond acceptors (Lipinski definition) is 2. The molecule has 5 heteroatoms. The largest absolute Gasteiger partial charge is 0.411 e. The predicted molar refractivity (Wildman–Crippen MR) is 74.7 cm³/mol. The predicted octanol–water partition coefficient (Wildman–Crippen LogP) is 4.15. The fraction of sp³-hybridized carbons (Fsp3) is 1.00. The maximum absolute atomic E-state index is 11.9. The monoisotopic (exact) mass is 295 g/mol. The van der Waals surface area contributed by atoms with Crippen LogP contribution < -0.4 is 5.32 Å². The zero-order chi connectivity index (χ0) is 15.4. The Kier molecular flexibility index (Phi) is 5.90. The van der Waals surface area contributed by atoms with Gasteiger partial charge in [0.1, 0.15) is 6.61 Å². The molecule has 0 aromatic heterocycles. The molecule has 0 bridgehead atoms. The third-order valence-corrected chi connectivity index (χ3v) is 3.72. The zero-order valence-corrected chi connectivity index (χ0v) is 13.1. The average Bonchev–Trinajstić information content (AvgIpc) is 2.16. The summed E-state index contributed by atoms with van der Waals surface area (Å²) in [6.07, 6.45) is -0.134. The summed E-state index contributed by atoms with van der Waals surface area (Å²) in [6, 6.07) is 0.455. The van der Waals surface area contributed by atoms with Gasteiger partial charge in [-0.15, -0.1) is 0 Å². The fourth-order valence-corrected chi connectivity index (χ4v) is 3.66. The van der Waals surface area contributed by atoms with E-state index >= 15 is 0 Å². The van der Waals surface area contributed by atoms with Crippen molar-refractivity contribution < 1.29 is 17.9 Å². The van der Waals surface area contributed by atoms with Gasteiger partial charge in [0, 0.05) is 12.6 Å². The van der Waals surface area contributed by atoms with Crippen LogP contribution in [0.4, 0.5) is 13.2 Å². The van der Waals surface area contributed by atoms with Crippen LogP contribution in [0.1, 0.15) is 53.4 Å². The summed E-state index contributed by atoms with van der Waals surface area (Å²) in [5.74, 6) is 0. The van der Waals surface area contributed by atoms with Gasteiger partial charge >= 0.3 is 6.18 Å². The van der Waals surface area contributed by atoms with Crippen LogP contribution in [0.15, 0.2) is 0 Å². The van der Waals surface area contributed by atoms with Crippen LogP contribution in [0.25, 0.3) is 0 Å². The highest BCUT2D eigenvalue weighted by molar-refractivity contribution is 4.92. The number of nitrogens with one attached hydrogen (secondary N) is 1. The van der Waals surface area contributed by atoms with Crippen molar-refractivity contribution in [3.63, 3.8) is 0 Å². The quantitative estimate of drug-likeness (QED) is 0.743. The van der Waals surface area contributed by atoms with E-state index in [2.05, 4.69) is 37.7 Å². The van der Waals surface area contributed by atoms with E-state index in [1.165, 1.54) is 6.42 Å². The minimum atomic E-state index is -4.22. The van der Waals surface area contributed by atoms with Gasteiger partial charge in [-0.3, -0.25) is 0 Å². The van der Waals surface area contributed by atoms with Gasteiger partial charge in [-0.25, -0.2) is 0 Å². The normalized spacial score (nSPS) is 22.9. The third kappa shape index (κ3) is 7.48. The molecule has 0 radical (unpaired) electrons. The van der Waals surface area contributed by atoms with Gasteiger partial charge in [0.15, 0.2) is 0 Å². The zero-order valence-electron chi connectivity index (χ0n) is 13.1. The number of rotatable bonds is 6. The summed E-state index contributed by atoms with van der Waals surface area (Å²) >= 11 is 0. The molecule has 0 amide bonds. The first-order valence-corrected chi connectivity index (χ1v) is 7.37. The van der Waals surface area contributed by atoms with E-state index in [0.29, 0.717) is 29.8 Å². The van der Waals surface area contributed by atoms with E-state index in [9.17, 15) is 13.2 Å². The molecule has 2 nitrogen and oxygen atoms in total. The lowest BCUT2D eigenvalue weighted by molar-refractivity contribution is -0.174. The van der Waals surface area contributed by atoms with Gasteiger partial charge in [-0.05, 0) is 43.1 Å². The SMILES string of the molecule is CC1(C)CC(NCCCOCC(F)(F)F)CC(C)(C)C1. The van der Waals surface area contributed by atoms with E-state index in [-0.39, 0.29) is 6.61 Å². The highest BCUT2D eigenvalue weighted by Gasteiger charge is 2.38. The van der Waals surface area contributed by atoms with E-state index in [1.807, 2.05) is 0 Å². The summed E-state index contributed by atoms with van der Waals surface area (Å²) in [5.41, 5.74) is 0.651. The molecule has 20 heavy (non-hydrogen) atoms. The van der Waals surface area contributed by atoms with Crippen molar-refractivity contribution >= 4 is 0 Å². The average molecular weight is 295 g/mol. The van der Waals surface area contributed by atoms with Crippen LogP contribution in [0.2, 0.25) is 0 Å².